The summed E-state index contributed by atoms with van der Waals surface area (Å²) in [5, 5.41) is 16.3. The van der Waals surface area contributed by atoms with E-state index in [2.05, 4.69) is 20.9 Å². The highest BCUT2D eigenvalue weighted by molar-refractivity contribution is 6.01. The molecule has 12 nitrogen and oxygen atoms in total. The first kappa shape index (κ1) is 29.2. The Kier molecular flexibility index (Phi) is 11.0. The number of carbonyl (C=O) groups is 4. The van der Waals surface area contributed by atoms with Gasteiger partial charge in [0.1, 0.15) is 23.9 Å². The van der Waals surface area contributed by atoms with Crippen molar-refractivity contribution in [2.45, 2.75) is 71.8 Å². The van der Waals surface area contributed by atoms with Gasteiger partial charge in [-0.15, -0.1) is 0 Å². The highest BCUT2D eigenvalue weighted by Crippen LogP contribution is 2.08. The third-order valence-corrected chi connectivity index (χ3v) is 3.73. The molecule has 0 aromatic heterocycles. The Morgan fingerprint density at radius 2 is 1.40 bits per heavy atom. The Bertz CT molecular complexity index is 872. The van der Waals surface area contributed by atoms with Crippen molar-refractivity contribution in [3.63, 3.8) is 0 Å². The van der Waals surface area contributed by atoms with Crippen LogP contribution in [-0.4, -0.2) is 59.1 Å². The molecule has 194 valence electrons. The molecule has 0 heterocycles. The third-order valence-electron chi connectivity index (χ3n) is 3.73. The summed E-state index contributed by atoms with van der Waals surface area (Å²) in [4.78, 5) is 51.8. The zero-order valence-electron chi connectivity index (χ0n) is 20.8. The average Bonchev–Trinajstić information content (AvgIpc) is 2.69. The lowest BCUT2D eigenvalue weighted by atomic mass is 10.2. The zero-order chi connectivity index (χ0) is 26.6. The Morgan fingerprint density at radius 1 is 0.886 bits per heavy atom. The van der Waals surface area contributed by atoms with Crippen molar-refractivity contribution in [1.82, 2.24) is 16.0 Å². The number of nitrogens with zero attached hydrogens (tertiary/aromatic N) is 1. The fourth-order valence-corrected chi connectivity index (χ4v) is 2.38. The molecular weight excluding hydrogens is 460 g/mol. The highest BCUT2D eigenvalue weighted by atomic mass is 16.6. The first-order valence-corrected chi connectivity index (χ1v) is 10.9. The zero-order valence-corrected chi connectivity index (χ0v) is 20.8. The molecule has 1 unspecified atom stereocenters. The van der Waals surface area contributed by atoms with Crippen LogP contribution in [0.2, 0.25) is 0 Å². The molecule has 0 aliphatic rings. The maximum Gasteiger partial charge on any atom is 0.414 e. The smallest absolute Gasteiger partial charge is 0.414 e. The van der Waals surface area contributed by atoms with Gasteiger partial charge in [-0.2, -0.15) is 0 Å². The summed E-state index contributed by atoms with van der Waals surface area (Å²) in [6, 6.07) is 7.56. The standard InChI is InChI=1S/C23H34N4O8/c1-22(2,3)34-20(31)26-18(27-21(32)35-23(4,5)6)24-13-12-16(17(28)29)25-19(30)33-14-15-10-8-7-9-11-15/h7-11,16H,12-14H2,1-6H3,(H,25,30)(H,28,29)(H2,24,26,27,31,32). The molecular formula is C23H34N4O8. The van der Waals surface area contributed by atoms with E-state index in [0.717, 1.165) is 5.56 Å². The second kappa shape index (κ2) is 13.2. The van der Waals surface area contributed by atoms with Crippen molar-refractivity contribution in [3.05, 3.63) is 35.9 Å². The predicted octanol–water partition coefficient (Wildman–Crippen LogP) is 3.16. The van der Waals surface area contributed by atoms with E-state index in [1.165, 1.54) is 0 Å². The first-order chi connectivity index (χ1) is 16.1. The fraction of sp³-hybridized carbons (Fsp3) is 0.522. The Hall–Kier alpha value is -3.83. The number of benzene rings is 1. The summed E-state index contributed by atoms with van der Waals surface area (Å²) in [7, 11) is 0. The minimum Gasteiger partial charge on any atom is -0.480 e. The monoisotopic (exact) mass is 494 g/mol. The molecule has 0 fully saturated rings. The largest absolute Gasteiger partial charge is 0.480 e. The van der Waals surface area contributed by atoms with Crippen LogP contribution in [0, 0.1) is 0 Å². The molecule has 1 rings (SSSR count). The first-order valence-electron chi connectivity index (χ1n) is 10.9. The van der Waals surface area contributed by atoms with Crippen LogP contribution in [0.4, 0.5) is 14.4 Å². The normalized spacial score (nSPS) is 11.9. The molecule has 0 bridgehead atoms. The summed E-state index contributed by atoms with van der Waals surface area (Å²) in [5.74, 6) is -1.61. The minimum atomic E-state index is -1.33. The number of hydrogen-bond donors (Lipinski definition) is 4. The van der Waals surface area contributed by atoms with Crippen molar-refractivity contribution in [3.8, 4) is 0 Å². The Morgan fingerprint density at radius 3 is 1.86 bits per heavy atom. The van der Waals surface area contributed by atoms with Crippen LogP contribution in [0.3, 0.4) is 0 Å². The molecule has 1 atom stereocenters. The van der Waals surface area contributed by atoms with Gasteiger partial charge in [-0.1, -0.05) is 30.3 Å². The lowest BCUT2D eigenvalue weighted by Gasteiger charge is -2.22. The summed E-state index contributed by atoms with van der Waals surface area (Å²) >= 11 is 0. The van der Waals surface area contributed by atoms with Gasteiger partial charge in [-0.05, 0) is 53.5 Å². The lowest BCUT2D eigenvalue weighted by Crippen LogP contribution is -2.47. The van der Waals surface area contributed by atoms with E-state index in [1.807, 2.05) is 6.07 Å². The Balaban J connectivity index is 2.77. The molecule has 35 heavy (non-hydrogen) atoms. The number of carbonyl (C=O) groups excluding carboxylic acids is 3. The minimum absolute atomic E-state index is 0.0269. The van der Waals surface area contributed by atoms with Gasteiger partial charge in [0, 0.05) is 6.54 Å². The van der Waals surface area contributed by atoms with Gasteiger partial charge in [0.2, 0.25) is 5.96 Å². The maximum absolute atomic E-state index is 12.1. The van der Waals surface area contributed by atoms with Gasteiger partial charge >= 0.3 is 24.2 Å². The summed E-state index contributed by atoms with van der Waals surface area (Å²) in [5.41, 5.74) is -0.871. The van der Waals surface area contributed by atoms with E-state index in [9.17, 15) is 24.3 Å². The molecule has 4 N–H and O–H groups in total. The molecule has 1 aromatic carbocycles. The van der Waals surface area contributed by atoms with Gasteiger partial charge < -0.3 is 24.6 Å². The number of carboxylic acid groups (broad SMARTS) is 1. The van der Waals surface area contributed by atoms with E-state index in [0.29, 0.717) is 0 Å². The van der Waals surface area contributed by atoms with Crippen LogP contribution in [0.1, 0.15) is 53.5 Å². The molecule has 0 saturated heterocycles. The second-order valence-corrected chi connectivity index (χ2v) is 9.37. The SMILES string of the molecule is CC(C)(C)OC(=O)NC(=NCCC(NC(=O)OCc1ccccc1)C(=O)O)NC(=O)OC(C)(C)C. The fourth-order valence-electron chi connectivity index (χ4n) is 2.38. The molecule has 1 aromatic rings. The van der Waals surface area contributed by atoms with Gasteiger partial charge in [-0.3, -0.25) is 15.6 Å². The van der Waals surface area contributed by atoms with E-state index >= 15 is 0 Å². The van der Waals surface area contributed by atoms with Crippen LogP contribution in [0.5, 0.6) is 0 Å². The van der Waals surface area contributed by atoms with E-state index in [4.69, 9.17) is 14.2 Å². The van der Waals surface area contributed by atoms with Gasteiger partial charge in [0.05, 0.1) is 0 Å². The molecule has 3 amide bonds. The number of ether oxygens (including phenoxy) is 3. The van der Waals surface area contributed by atoms with E-state index in [-0.39, 0.29) is 25.5 Å². The molecule has 0 aliphatic carbocycles. The number of hydrogen-bond acceptors (Lipinski definition) is 8. The second-order valence-electron chi connectivity index (χ2n) is 9.37. The van der Waals surface area contributed by atoms with Crippen LogP contribution in [0.15, 0.2) is 35.3 Å². The van der Waals surface area contributed by atoms with Crippen molar-refractivity contribution in [2.24, 2.45) is 4.99 Å². The number of nitrogens with one attached hydrogen (secondary N) is 3. The average molecular weight is 495 g/mol. The number of guanidine groups is 1. The van der Waals surface area contributed by atoms with Crippen LogP contribution in [-0.2, 0) is 25.6 Å². The van der Waals surface area contributed by atoms with Crippen molar-refractivity contribution in [1.29, 1.82) is 0 Å². The number of amides is 3. The number of alkyl carbamates (subject to hydrolysis) is 3. The van der Waals surface area contributed by atoms with Crippen molar-refractivity contribution >= 4 is 30.2 Å². The van der Waals surface area contributed by atoms with Gasteiger partial charge in [0.25, 0.3) is 0 Å². The quantitative estimate of drug-likeness (QED) is 0.255. The molecule has 0 radical (unpaired) electrons. The number of carboxylic acids is 1. The van der Waals surface area contributed by atoms with E-state index < -0.39 is 41.5 Å². The molecule has 0 saturated carbocycles. The predicted molar refractivity (Wildman–Crippen MR) is 127 cm³/mol. The topological polar surface area (TPSA) is 165 Å². The van der Waals surface area contributed by atoms with Gasteiger partial charge in [-0.25, -0.2) is 19.2 Å². The van der Waals surface area contributed by atoms with Crippen LogP contribution >= 0.6 is 0 Å². The van der Waals surface area contributed by atoms with Gasteiger partial charge in [0.15, 0.2) is 0 Å². The summed E-state index contributed by atoms with van der Waals surface area (Å²) in [6.45, 7) is 9.73. The Labute approximate surface area is 204 Å². The summed E-state index contributed by atoms with van der Waals surface area (Å²) < 4.78 is 15.3. The van der Waals surface area contributed by atoms with Crippen molar-refractivity contribution in [2.75, 3.05) is 6.54 Å². The maximum atomic E-state index is 12.1. The molecule has 12 heteroatoms. The molecule has 0 spiro atoms. The van der Waals surface area contributed by atoms with Crippen LogP contribution in [0.25, 0.3) is 0 Å². The van der Waals surface area contributed by atoms with Crippen molar-refractivity contribution < 1.29 is 38.5 Å². The summed E-state index contributed by atoms with van der Waals surface area (Å²) in [6.07, 6.45) is -2.84. The highest BCUT2D eigenvalue weighted by Gasteiger charge is 2.23. The third kappa shape index (κ3) is 14.1. The lowest BCUT2D eigenvalue weighted by molar-refractivity contribution is -0.139. The van der Waals surface area contributed by atoms with Crippen LogP contribution < -0.4 is 16.0 Å². The molecule has 0 aliphatic heterocycles. The number of aliphatic carboxylic acids is 1. The van der Waals surface area contributed by atoms with E-state index in [1.54, 1.807) is 65.8 Å². The number of rotatable bonds is 7. The number of aliphatic imine (C=N–C) groups is 1.